The summed E-state index contributed by atoms with van der Waals surface area (Å²) in [6.07, 6.45) is 2.68. The summed E-state index contributed by atoms with van der Waals surface area (Å²) in [6, 6.07) is 7.60. The second-order valence-electron chi connectivity index (χ2n) is 4.88. The summed E-state index contributed by atoms with van der Waals surface area (Å²) in [6.45, 7) is 5.76. The maximum absolute atomic E-state index is 8.84. The highest BCUT2D eigenvalue weighted by molar-refractivity contribution is 6.31. The molecule has 0 aromatic heterocycles. The zero-order chi connectivity index (χ0) is 13.7. The molecule has 3 nitrogen and oxygen atoms in total. The van der Waals surface area contributed by atoms with Gasteiger partial charge in [-0.3, -0.25) is 4.90 Å². The average Bonchev–Trinajstić information content (AvgIpc) is 2.92. The number of halogens is 1. The van der Waals surface area contributed by atoms with Crippen molar-refractivity contribution >= 4 is 11.6 Å². The predicted molar refractivity (Wildman–Crippen MR) is 76.1 cm³/mol. The van der Waals surface area contributed by atoms with Crippen molar-refractivity contribution in [2.24, 2.45) is 0 Å². The summed E-state index contributed by atoms with van der Waals surface area (Å²) >= 11 is 6.22. The first kappa shape index (κ1) is 14.3. The minimum absolute atomic E-state index is 0.358. The van der Waals surface area contributed by atoms with Crippen LogP contribution in [-0.4, -0.2) is 30.7 Å². The van der Waals surface area contributed by atoms with E-state index in [0.29, 0.717) is 16.7 Å². The van der Waals surface area contributed by atoms with Gasteiger partial charge in [0.15, 0.2) is 0 Å². The lowest BCUT2D eigenvalue weighted by Crippen LogP contribution is -2.31. The number of nitriles is 1. The molecule has 1 aromatic carbocycles. The van der Waals surface area contributed by atoms with Gasteiger partial charge in [0.05, 0.1) is 17.7 Å². The summed E-state index contributed by atoms with van der Waals surface area (Å²) in [5, 5.41) is 9.51. The van der Waals surface area contributed by atoms with E-state index in [0.717, 1.165) is 38.2 Å². The average molecular weight is 279 g/mol. The first-order valence-electron chi connectivity index (χ1n) is 6.75. The second-order valence-corrected chi connectivity index (χ2v) is 5.29. The van der Waals surface area contributed by atoms with Crippen LogP contribution in [0.2, 0.25) is 5.02 Å². The Morgan fingerprint density at radius 1 is 1.53 bits per heavy atom. The molecule has 0 N–H and O–H groups in total. The van der Waals surface area contributed by atoms with E-state index in [9.17, 15) is 0 Å². The Kier molecular flexibility index (Phi) is 5.21. The van der Waals surface area contributed by atoms with Crippen molar-refractivity contribution in [2.75, 3.05) is 19.7 Å². The quantitative estimate of drug-likeness (QED) is 0.830. The van der Waals surface area contributed by atoms with E-state index in [1.807, 2.05) is 12.1 Å². The van der Waals surface area contributed by atoms with Crippen molar-refractivity contribution in [3.63, 3.8) is 0 Å². The van der Waals surface area contributed by atoms with Crippen molar-refractivity contribution in [3.05, 3.63) is 34.3 Å². The van der Waals surface area contributed by atoms with E-state index in [1.54, 1.807) is 6.07 Å². The van der Waals surface area contributed by atoms with E-state index in [2.05, 4.69) is 17.9 Å². The third kappa shape index (κ3) is 3.94. The number of nitrogens with zero attached hydrogens (tertiary/aromatic N) is 2. The molecule has 4 heteroatoms. The largest absolute Gasteiger partial charge is 0.377 e. The van der Waals surface area contributed by atoms with Crippen LogP contribution in [0.5, 0.6) is 0 Å². The van der Waals surface area contributed by atoms with Crippen LogP contribution < -0.4 is 0 Å². The topological polar surface area (TPSA) is 36.3 Å². The summed E-state index contributed by atoms with van der Waals surface area (Å²) in [5.74, 6) is 0. The number of hydrogen-bond acceptors (Lipinski definition) is 3. The van der Waals surface area contributed by atoms with Crippen LogP contribution in [0, 0.1) is 11.3 Å². The highest BCUT2D eigenvalue weighted by Gasteiger charge is 2.19. The first-order valence-corrected chi connectivity index (χ1v) is 7.13. The highest BCUT2D eigenvalue weighted by Crippen LogP contribution is 2.21. The van der Waals surface area contributed by atoms with Gasteiger partial charge in [-0.25, -0.2) is 0 Å². The molecule has 102 valence electrons. The van der Waals surface area contributed by atoms with Gasteiger partial charge in [-0.15, -0.1) is 0 Å². The van der Waals surface area contributed by atoms with Gasteiger partial charge >= 0.3 is 0 Å². The summed E-state index contributed by atoms with van der Waals surface area (Å²) in [5.41, 5.74) is 1.68. The molecule has 19 heavy (non-hydrogen) atoms. The van der Waals surface area contributed by atoms with Gasteiger partial charge in [0.1, 0.15) is 0 Å². The van der Waals surface area contributed by atoms with E-state index >= 15 is 0 Å². The smallest absolute Gasteiger partial charge is 0.0992 e. The Morgan fingerprint density at radius 3 is 2.95 bits per heavy atom. The Bertz CT molecular complexity index is 464. The van der Waals surface area contributed by atoms with E-state index in [1.165, 1.54) is 6.42 Å². The van der Waals surface area contributed by atoms with Crippen LogP contribution in [0.3, 0.4) is 0 Å². The van der Waals surface area contributed by atoms with Crippen LogP contribution in [-0.2, 0) is 11.3 Å². The van der Waals surface area contributed by atoms with Crippen LogP contribution in [0.4, 0.5) is 0 Å². The molecule has 1 saturated heterocycles. The van der Waals surface area contributed by atoms with Crippen molar-refractivity contribution in [3.8, 4) is 6.07 Å². The maximum atomic E-state index is 8.84. The molecule has 0 spiro atoms. The van der Waals surface area contributed by atoms with Crippen molar-refractivity contribution in [1.82, 2.24) is 4.90 Å². The van der Waals surface area contributed by atoms with E-state index < -0.39 is 0 Å². The molecule has 1 aliphatic rings. The summed E-state index contributed by atoms with van der Waals surface area (Å²) in [7, 11) is 0. The fourth-order valence-corrected chi connectivity index (χ4v) is 2.61. The van der Waals surface area contributed by atoms with Crippen molar-refractivity contribution in [2.45, 2.75) is 32.4 Å². The number of hydrogen-bond donors (Lipinski definition) is 0. The molecule has 0 aliphatic carbocycles. The molecule has 1 aromatic rings. The number of benzene rings is 1. The van der Waals surface area contributed by atoms with Crippen LogP contribution >= 0.6 is 11.6 Å². The molecule has 1 atom stereocenters. The summed E-state index contributed by atoms with van der Waals surface area (Å²) < 4.78 is 5.67. The molecule has 0 bridgehead atoms. The normalized spacial score (nSPS) is 18.7. The van der Waals surface area contributed by atoms with Gasteiger partial charge in [-0.2, -0.15) is 5.26 Å². The molecule has 0 radical (unpaired) electrons. The Hall–Kier alpha value is -1.08. The molecular weight excluding hydrogens is 260 g/mol. The van der Waals surface area contributed by atoms with E-state index in [4.69, 9.17) is 21.6 Å². The lowest BCUT2D eigenvalue weighted by atomic mass is 10.1. The van der Waals surface area contributed by atoms with Gasteiger partial charge in [0, 0.05) is 24.7 Å². The van der Waals surface area contributed by atoms with Gasteiger partial charge in [0.2, 0.25) is 0 Å². The molecule has 0 saturated carbocycles. The summed E-state index contributed by atoms with van der Waals surface area (Å²) in [4.78, 5) is 2.34. The second kappa shape index (κ2) is 6.91. The fourth-order valence-electron chi connectivity index (χ4n) is 2.37. The van der Waals surface area contributed by atoms with E-state index in [-0.39, 0.29) is 0 Å². The molecule has 0 amide bonds. The third-order valence-corrected chi connectivity index (χ3v) is 3.86. The predicted octanol–water partition coefficient (Wildman–Crippen LogP) is 3.21. The monoisotopic (exact) mass is 278 g/mol. The molecule has 2 rings (SSSR count). The minimum Gasteiger partial charge on any atom is -0.377 e. The van der Waals surface area contributed by atoms with Gasteiger partial charge in [-0.05, 0) is 37.1 Å². The number of rotatable bonds is 5. The molecule has 1 aliphatic heterocycles. The first-order chi connectivity index (χ1) is 9.22. The number of ether oxygens (including phenoxy) is 1. The Labute approximate surface area is 119 Å². The van der Waals surface area contributed by atoms with Gasteiger partial charge in [-0.1, -0.05) is 24.6 Å². The SMILES string of the molecule is CCN(Cc1ccc(C#N)cc1Cl)CC1CCCO1. The molecule has 1 heterocycles. The number of likely N-dealkylation sites (N-methyl/N-ethyl adjacent to an activating group) is 1. The Morgan fingerprint density at radius 2 is 2.37 bits per heavy atom. The van der Waals surface area contributed by atoms with Crippen molar-refractivity contribution < 1.29 is 4.74 Å². The lowest BCUT2D eigenvalue weighted by molar-refractivity contribution is 0.0725. The van der Waals surface area contributed by atoms with Crippen LogP contribution in [0.15, 0.2) is 18.2 Å². The maximum Gasteiger partial charge on any atom is 0.0992 e. The van der Waals surface area contributed by atoms with Gasteiger partial charge in [0.25, 0.3) is 0 Å². The highest BCUT2D eigenvalue weighted by atomic mass is 35.5. The third-order valence-electron chi connectivity index (χ3n) is 3.51. The van der Waals surface area contributed by atoms with Crippen LogP contribution in [0.25, 0.3) is 0 Å². The van der Waals surface area contributed by atoms with Crippen LogP contribution in [0.1, 0.15) is 30.9 Å². The van der Waals surface area contributed by atoms with Crippen molar-refractivity contribution in [1.29, 1.82) is 5.26 Å². The molecule has 1 fully saturated rings. The zero-order valence-corrected chi connectivity index (χ0v) is 12.0. The fraction of sp³-hybridized carbons (Fsp3) is 0.533. The van der Waals surface area contributed by atoms with Gasteiger partial charge < -0.3 is 4.74 Å². The lowest BCUT2D eigenvalue weighted by Gasteiger charge is -2.24. The zero-order valence-electron chi connectivity index (χ0n) is 11.2. The Balaban J connectivity index is 1.99. The standard InChI is InChI=1S/C15H19ClN2O/c1-2-18(11-14-4-3-7-19-14)10-13-6-5-12(9-17)8-15(13)16/h5-6,8,14H,2-4,7,10-11H2,1H3. The minimum atomic E-state index is 0.358. The molecule has 1 unspecified atom stereocenters. The molecular formula is C15H19ClN2O.